The summed E-state index contributed by atoms with van der Waals surface area (Å²) in [5, 5.41) is 2.75. The van der Waals surface area contributed by atoms with E-state index in [-0.39, 0.29) is 42.8 Å². The summed E-state index contributed by atoms with van der Waals surface area (Å²) in [5.74, 6) is -1.45. The van der Waals surface area contributed by atoms with Crippen molar-refractivity contribution in [3.63, 3.8) is 0 Å². The molecule has 1 saturated carbocycles. The summed E-state index contributed by atoms with van der Waals surface area (Å²) in [6.07, 6.45) is 2.06. The smallest absolute Gasteiger partial charge is 0.245 e. The van der Waals surface area contributed by atoms with Crippen molar-refractivity contribution < 1.29 is 18.4 Å². The molecule has 1 aromatic carbocycles. The molecule has 1 atom stereocenters. The summed E-state index contributed by atoms with van der Waals surface area (Å²) < 4.78 is 26.6. The molecule has 4 nitrogen and oxygen atoms in total. The maximum Gasteiger partial charge on any atom is 0.245 e. The molecule has 0 radical (unpaired) electrons. The number of carbonyl (C=O) groups is 2. The number of nitrogens with zero attached hydrogens (tertiary/aromatic N) is 1. The highest BCUT2D eigenvalue weighted by Gasteiger charge is 2.40. The Balaban J connectivity index is 1.79. The molecule has 2 amide bonds. The van der Waals surface area contributed by atoms with Crippen molar-refractivity contribution in [3.8, 4) is 0 Å². The standard InChI is InChI=1S/C15H16F2N2O2/c16-11-4-3-10(12(17)7-11)8-19-6-5-13(20)18-14(15(19)21)9-1-2-9/h3-4,7,9,14H,1-2,5-6,8H2,(H,18,20). The van der Waals surface area contributed by atoms with Crippen molar-refractivity contribution in [3.05, 3.63) is 35.4 Å². The van der Waals surface area contributed by atoms with E-state index >= 15 is 0 Å². The van der Waals surface area contributed by atoms with Gasteiger partial charge in [-0.1, -0.05) is 6.07 Å². The van der Waals surface area contributed by atoms with Gasteiger partial charge in [0.05, 0.1) is 0 Å². The van der Waals surface area contributed by atoms with E-state index in [9.17, 15) is 18.4 Å². The van der Waals surface area contributed by atoms with E-state index in [1.807, 2.05) is 0 Å². The van der Waals surface area contributed by atoms with E-state index in [1.54, 1.807) is 0 Å². The zero-order chi connectivity index (χ0) is 15.0. The number of nitrogens with one attached hydrogen (secondary N) is 1. The van der Waals surface area contributed by atoms with Crippen LogP contribution in [-0.2, 0) is 16.1 Å². The average Bonchev–Trinajstić information content (AvgIpc) is 3.26. The van der Waals surface area contributed by atoms with Crippen molar-refractivity contribution in [2.24, 2.45) is 5.92 Å². The van der Waals surface area contributed by atoms with Gasteiger partial charge in [-0.05, 0) is 24.8 Å². The molecule has 1 unspecified atom stereocenters. The lowest BCUT2D eigenvalue weighted by molar-refractivity contribution is -0.134. The van der Waals surface area contributed by atoms with Crippen LogP contribution in [0.3, 0.4) is 0 Å². The minimum Gasteiger partial charge on any atom is -0.344 e. The summed E-state index contributed by atoms with van der Waals surface area (Å²) in [5.41, 5.74) is 0.258. The van der Waals surface area contributed by atoms with E-state index in [2.05, 4.69) is 5.32 Å². The van der Waals surface area contributed by atoms with Gasteiger partial charge in [0.2, 0.25) is 11.8 Å². The van der Waals surface area contributed by atoms with E-state index in [0.717, 1.165) is 18.9 Å². The lowest BCUT2D eigenvalue weighted by Gasteiger charge is -2.24. The Morgan fingerprint density at radius 3 is 2.67 bits per heavy atom. The van der Waals surface area contributed by atoms with Gasteiger partial charge in [0.15, 0.2) is 0 Å². The Labute approximate surface area is 121 Å². The summed E-state index contributed by atoms with van der Waals surface area (Å²) in [7, 11) is 0. The van der Waals surface area contributed by atoms with Crippen molar-refractivity contribution in [2.45, 2.75) is 31.8 Å². The van der Waals surface area contributed by atoms with Gasteiger partial charge in [-0.3, -0.25) is 9.59 Å². The number of carbonyl (C=O) groups excluding carboxylic acids is 2. The number of rotatable bonds is 3. The molecule has 0 aromatic heterocycles. The third-order valence-corrected chi connectivity index (χ3v) is 3.97. The van der Waals surface area contributed by atoms with Crippen LogP contribution in [0, 0.1) is 17.6 Å². The molecular formula is C15H16F2N2O2. The second-order valence-corrected chi connectivity index (χ2v) is 5.63. The van der Waals surface area contributed by atoms with Crippen LogP contribution >= 0.6 is 0 Å². The minimum absolute atomic E-state index is 0.0587. The van der Waals surface area contributed by atoms with Gasteiger partial charge in [-0.25, -0.2) is 8.78 Å². The van der Waals surface area contributed by atoms with Crippen LogP contribution in [0.1, 0.15) is 24.8 Å². The number of hydrogen-bond acceptors (Lipinski definition) is 2. The van der Waals surface area contributed by atoms with Crippen molar-refractivity contribution in [2.75, 3.05) is 6.54 Å². The summed E-state index contributed by atoms with van der Waals surface area (Å²) in [4.78, 5) is 25.6. The average molecular weight is 294 g/mol. The van der Waals surface area contributed by atoms with Gasteiger partial charge in [0.1, 0.15) is 17.7 Å². The Morgan fingerprint density at radius 2 is 2.00 bits per heavy atom. The Bertz CT molecular complexity index is 587. The first-order valence-electron chi connectivity index (χ1n) is 7.06. The van der Waals surface area contributed by atoms with Gasteiger partial charge in [0, 0.05) is 31.1 Å². The third-order valence-electron chi connectivity index (χ3n) is 3.97. The number of benzene rings is 1. The zero-order valence-electron chi connectivity index (χ0n) is 11.4. The normalized spacial score (nSPS) is 23.0. The maximum absolute atomic E-state index is 13.7. The Hall–Kier alpha value is -1.98. The molecule has 21 heavy (non-hydrogen) atoms. The highest BCUT2D eigenvalue weighted by molar-refractivity contribution is 5.90. The van der Waals surface area contributed by atoms with Crippen LogP contribution in [0.2, 0.25) is 0 Å². The zero-order valence-corrected chi connectivity index (χ0v) is 11.4. The fourth-order valence-electron chi connectivity index (χ4n) is 2.61. The van der Waals surface area contributed by atoms with Crippen LogP contribution in [0.15, 0.2) is 18.2 Å². The van der Waals surface area contributed by atoms with Crippen LogP contribution in [0.4, 0.5) is 8.78 Å². The Kier molecular flexibility index (Phi) is 3.61. The van der Waals surface area contributed by atoms with Gasteiger partial charge in [0.25, 0.3) is 0 Å². The molecule has 1 heterocycles. The van der Waals surface area contributed by atoms with E-state index in [0.29, 0.717) is 0 Å². The molecule has 3 rings (SSSR count). The molecular weight excluding hydrogens is 278 g/mol. The molecule has 112 valence electrons. The summed E-state index contributed by atoms with van der Waals surface area (Å²) in [6.45, 7) is 0.313. The van der Waals surface area contributed by atoms with E-state index in [4.69, 9.17) is 0 Å². The lowest BCUT2D eigenvalue weighted by atomic mass is 10.1. The number of amides is 2. The van der Waals surface area contributed by atoms with Crippen molar-refractivity contribution >= 4 is 11.8 Å². The number of halogens is 2. The highest BCUT2D eigenvalue weighted by Crippen LogP contribution is 2.34. The first-order valence-corrected chi connectivity index (χ1v) is 7.06. The predicted octanol–water partition coefficient (Wildman–Crippen LogP) is 1.59. The largest absolute Gasteiger partial charge is 0.344 e. The molecule has 1 aromatic rings. The van der Waals surface area contributed by atoms with Crippen LogP contribution in [-0.4, -0.2) is 29.3 Å². The Morgan fingerprint density at radius 1 is 1.24 bits per heavy atom. The second-order valence-electron chi connectivity index (χ2n) is 5.63. The predicted molar refractivity (Wildman–Crippen MR) is 71.0 cm³/mol. The lowest BCUT2D eigenvalue weighted by Crippen LogP contribution is -2.45. The van der Waals surface area contributed by atoms with Gasteiger partial charge in [-0.15, -0.1) is 0 Å². The first-order chi connectivity index (χ1) is 10.0. The monoisotopic (exact) mass is 294 g/mol. The quantitative estimate of drug-likeness (QED) is 0.920. The van der Waals surface area contributed by atoms with E-state index < -0.39 is 17.7 Å². The summed E-state index contributed by atoms with van der Waals surface area (Å²) in [6, 6.07) is 2.81. The third kappa shape index (κ3) is 3.04. The van der Waals surface area contributed by atoms with Crippen LogP contribution in [0.25, 0.3) is 0 Å². The van der Waals surface area contributed by atoms with E-state index in [1.165, 1.54) is 17.0 Å². The molecule has 1 aliphatic heterocycles. The molecule has 1 saturated heterocycles. The molecule has 6 heteroatoms. The summed E-state index contributed by atoms with van der Waals surface area (Å²) >= 11 is 0. The fraction of sp³-hybridized carbons (Fsp3) is 0.467. The van der Waals surface area contributed by atoms with Gasteiger partial charge in [-0.2, -0.15) is 0 Å². The molecule has 0 bridgehead atoms. The van der Waals surface area contributed by atoms with Gasteiger partial charge >= 0.3 is 0 Å². The second kappa shape index (κ2) is 5.42. The topological polar surface area (TPSA) is 49.4 Å². The van der Waals surface area contributed by atoms with Crippen molar-refractivity contribution in [1.29, 1.82) is 0 Å². The fourth-order valence-corrected chi connectivity index (χ4v) is 2.61. The molecule has 1 N–H and O–H groups in total. The van der Waals surface area contributed by atoms with Crippen molar-refractivity contribution in [1.82, 2.24) is 10.2 Å². The maximum atomic E-state index is 13.7. The molecule has 2 fully saturated rings. The molecule has 0 spiro atoms. The molecule has 2 aliphatic rings. The highest BCUT2D eigenvalue weighted by atomic mass is 19.1. The number of hydrogen-bond donors (Lipinski definition) is 1. The SMILES string of the molecule is O=C1CCN(Cc2ccc(F)cc2F)C(=O)C(C2CC2)N1. The first kappa shape index (κ1) is 14.0. The van der Waals surface area contributed by atoms with Crippen LogP contribution in [0.5, 0.6) is 0 Å². The van der Waals surface area contributed by atoms with Crippen LogP contribution < -0.4 is 5.32 Å². The van der Waals surface area contributed by atoms with Gasteiger partial charge < -0.3 is 10.2 Å². The molecule has 1 aliphatic carbocycles. The minimum atomic E-state index is -0.672.